The molecule has 0 N–H and O–H groups in total. The highest BCUT2D eigenvalue weighted by Gasteiger charge is 2.16. The highest BCUT2D eigenvalue weighted by atomic mass is 32.2. The molecule has 0 unspecified atom stereocenters. The van der Waals surface area contributed by atoms with Crippen molar-refractivity contribution in [1.82, 2.24) is 0 Å². The highest BCUT2D eigenvalue weighted by molar-refractivity contribution is 7.99. The van der Waals surface area contributed by atoms with Crippen LogP contribution in [0.2, 0.25) is 0 Å². The summed E-state index contributed by atoms with van der Waals surface area (Å²) < 4.78 is 4.85. The van der Waals surface area contributed by atoms with Crippen molar-refractivity contribution in [2.24, 2.45) is 5.92 Å². The second kappa shape index (κ2) is 9.75. The van der Waals surface area contributed by atoms with Crippen molar-refractivity contribution in [2.75, 3.05) is 7.11 Å². The normalized spacial score (nSPS) is 14.7. The van der Waals surface area contributed by atoms with Gasteiger partial charge in [-0.25, -0.2) is 4.79 Å². The standard InChI is InChI=1S/C23H26O3S/c1-26-23(25)20-9-5-6-10-22(20)27-19-14-12-18(13-15-19)21(24)16-11-17-7-3-2-4-8-17/h5-6,9-10,12-15,17H,2-4,7-8,11,16H2,1H3. The van der Waals surface area contributed by atoms with E-state index in [2.05, 4.69) is 0 Å². The Kier molecular flexibility index (Phi) is 7.11. The van der Waals surface area contributed by atoms with Crippen LogP contribution in [-0.4, -0.2) is 18.9 Å². The Bertz CT molecular complexity index is 776. The van der Waals surface area contributed by atoms with E-state index in [4.69, 9.17) is 4.74 Å². The number of Topliss-reactive ketones (excluding diaryl/α,β-unsaturated/α-hetero) is 1. The van der Waals surface area contributed by atoms with Crippen LogP contribution in [0, 0.1) is 5.92 Å². The van der Waals surface area contributed by atoms with E-state index in [-0.39, 0.29) is 11.8 Å². The van der Waals surface area contributed by atoms with Crippen LogP contribution in [0.3, 0.4) is 0 Å². The molecule has 0 atom stereocenters. The SMILES string of the molecule is COC(=O)c1ccccc1Sc1ccc(C(=O)CCC2CCCCC2)cc1. The maximum absolute atomic E-state index is 12.5. The maximum Gasteiger partial charge on any atom is 0.339 e. The molecule has 0 saturated heterocycles. The molecule has 3 rings (SSSR count). The Morgan fingerprint density at radius 1 is 1.00 bits per heavy atom. The number of hydrogen-bond donors (Lipinski definition) is 0. The third kappa shape index (κ3) is 5.46. The van der Waals surface area contributed by atoms with Crippen LogP contribution in [0.15, 0.2) is 58.3 Å². The first-order valence-corrected chi connectivity index (χ1v) is 10.5. The second-order valence-electron chi connectivity index (χ2n) is 7.08. The van der Waals surface area contributed by atoms with Gasteiger partial charge < -0.3 is 4.74 Å². The lowest BCUT2D eigenvalue weighted by Crippen LogP contribution is -2.09. The molecule has 0 spiro atoms. The molecule has 0 bridgehead atoms. The quantitative estimate of drug-likeness (QED) is 0.424. The summed E-state index contributed by atoms with van der Waals surface area (Å²) in [5.41, 5.74) is 1.33. The molecule has 1 aliphatic rings. The van der Waals surface area contributed by atoms with Crippen LogP contribution in [-0.2, 0) is 4.74 Å². The number of hydrogen-bond acceptors (Lipinski definition) is 4. The zero-order valence-corrected chi connectivity index (χ0v) is 16.6. The van der Waals surface area contributed by atoms with Crippen molar-refractivity contribution in [3.63, 3.8) is 0 Å². The van der Waals surface area contributed by atoms with Gasteiger partial charge in [-0.15, -0.1) is 0 Å². The minimum absolute atomic E-state index is 0.229. The number of esters is 1. The molecule has 3 nitrogen and oxygen atoms in total. The Labute approximate surface area is 165 Å². The lowest BCUT2D eigenvalue weighted by molar-refractivity contribution is 0.0596. The number of ether oxygens (including phenoxy) is 1. The second-order valence-corrected chi connectivity index (χ2v) is 8.20. The summed E-state index contributed by atoms with van der Waals surface area (Å²) >= 11 is 1.50. The molecule has 2 aromatic rings. The average molecular weight is 383 g/mol. The van der Waals surface area contributed by atoms with E-state index in [1.54, 1.807) is 6.07 Å². The fourth-order valence-electron chi connectivity index (χ4n) is 3.63. The molecule has 1 fully saturated rings. The van der Waals surface area contributed by atoms with Gasteiger partial charge in [0.2, 0.25) is 0 Å². The van der Waals surface area contributed by atoms with Crippen molar-refractivity contribution >= 4 is 23.5 Å². The topological polar surface area (TPSA) is 43.4 Å². The van der Waals surface area contributed by atoms with Gasteiger partial charge in [-0.1, -0.05) is 68.1 Å². The molecule has 0 aromatic heterocycles. The number of rotatable bonds is 7. The zero-order valence-electron chi connectivity index (χ0n) is 15.8. The van der Waals surface area contributed by atoms with Gasteiger partial charge in [0.05, 0.1) is 12.7 Å². The van der Waals surface area contributed by atoms with Gasteiger partial charge >= 0.3 is 5.97 Å². The van der Waals surface area contributed by atoms with Gasteiger partial charge in [-0.2, -0.15) is 0 Å². The molecule has 0 heterocycles. The fraction of sp³-hybridized carbons (Fsp3) is 0.391. The van der Waals surface area contributed by atoms with E-state index in [1.807, 2.05) is 42.5 Å². The Morgan fingerprint density at radius 2 is 1.70 bits per heavy atom. The first-order valence-electron chi connectivity index (χ1n) is 9.66. The molecule has 0 radical (unpaired) electrons. The first kappa shape index (κ1) is 19.7. The van der Waals surface area contributed by atoms with Gasteiger partial charge in [0.15, 0.2) is 5.78 Å². The molecule has 142 valence electrons. The number of carbonyl (C=O) groups excluding carboxylic acids is 2. The predicted molar refractivity (Wildman–Crippen MR) is 108 cm³/mol. The smallest absolute Gasteiger partial charge is 0.339 e. The van der Waals surface area contributed by atoms with Crippen LogP contribution in [0.25, 0.3) is 0 Å². The molecular formula is C23H26O3S. The van der Waals surface area contributed by atoms with Gasteiger partial charge in [0.1, 0.15) is 0 Å². The van der Waals surface area contributed by atoms with Gasteiger partial charge in [-0.3, -0.25) is 4.79 Å². The molecule has 2 aromatic carbocycles. The largest absolute Gasteiger partial charge is 0.465 e. The third-order valence-corrected chi connectivity index (χ3v) is 6.28. The molecule has 1 saturated carbocycles. The van der Waals surface area contributed by atoms with Crippen molar-refractivity contribution in [2.45, 2.75) is 54.7 Å². The van der Waals surface area contributed by atoms with Crippen molar-refractivity contribution < 1.29 is 14.3 Å². The van der Waals surface area contributed by atoms with Crippen LogP contribution >= 0.6 is 11.8 Å². The minimum atomic E-state index is -0.340. The van der Waals surface area contributed by atoms with E-state index in [1.165, 1.54) is 51.0 Å². The van der Waals surface area contributed by atoms with Gasteiger partial charge in [-0.05, 0) is 36.6 Å². The van der Waals surface area contributed by atoms with Gasteiger partial charge in [0, 0.05) is 21.8 Å². The van der Waals surface area contributed by atoms with Crippen LogP contribution < -0.4 is 0 Å². The lowest BCUT2D eigenvalue weighted by atomic mass is 9.85. The maximum atomic E-state index is 12.5. The molecule has 27 heavy (non-hydrogen) atoms. The summed E-state index contributed by atoms with van der Waals surface area (Å²) in [4.78, 5) is 26.2. The van der Waals surface area contributed by atoms with Crippen molar-refractivity contribution in [3.8, 4) is 0 Å². The molecule has 1 aliphatic carbocycles. The van der Waals surface area contributed by atoms with Crippen LogP contribution in [0.5, 0.6) is 0 Å². The van der Waals surface area contributed by atoms with Crippen LogP contribution in [0.4, 0.5) is 0 Å². The predicted octanol–water partition coefficient (Wildman–Crippen LogP) is 6.17. The molecular weight excluding hydrogens is 356 g/mol. The van der Waals surface area contributed by atoms with Gasteiger partial charge in [0.25, 0.3) is 0 Å². The molecule has 0 aliphatic heterocycles. The number of benzene rings is 2. The average Bonchev–Trinajstić information content (AvgIpc) is 2.73. The van der Waals surface area contributed by atoms with E-state index >= 15 is 0 Å². The summed E-state index contributed by atoms with van der Waals surface area (Å²) in [6, 6.07) is 15.1. The Balaban J connectivity index is 1.60. The number of methoxy groups -OCH3 is 1. The number of ketones is 1. The highest BCUT2D eigenvalue weighted by Crippen LogP contribution is 2.31. The monoisotopic (exact) mass is 382 g/mol. The summed E-state index contributed by atoms with van der Waals surface area (Å²) in [5, 5.41) is 0. The Morgan fingerprint density at radius 3 is 2.41 bits per heavy atom. The first-order chi connectivity index (χ1) is 13.2. The zero-order chi connectivity index (χ0) is 19.1. The Hall–Kier alpha value is -2.07. The van der Waals surface area contributed by atoms with E-state index in [9.17, 15) is 9.59 Å². The van der Waals surface area contributed by atoms with E-state index in [0.29, 0.717) is 12.0 Å². The third-order valence-electron chi connectivity index (χ3n) is 5.20. The fourth-order valence-corrected chi connectivity index (χ4v) is 4.56. The van der Waals surface area contributed by atoms with Crippen molar-refractivity contribution in [1.29, 1.82) is 0 Å². The summed E-state index contributed by atoms with van der Waals surface area (Å²) in [6.07, 6.45) is 8.20. The minimum Gasteiger partial charge on any atom is -0.465 e. The van der Waals surface area contributed by atoms with E-state index < -0.39 is 0 Å². The summed E-state index contributed by atoms with van der Waals surface area (Å²) in [7, 11) is 1.39. The molecule has 0 amide bonds. The number of carbonyl (C=O) groups is 2. The molecule has 4 heteroatoms. The van der Waals surface area contributed by atoms with Crippen molar-refractivity contribution in [3.05, 3.63) is 59.7 Å². The summed E-state index contributed by atoms with van der Waals surface area (Å²) in [6.45, 7) is 0. The summed E-state index contributed by atoms with van der Waals surface area (Å²) in [5.74, 6) is 0.618. The van der Waals surface area contributed by atoms with E-state index in [0.717, 1.165) is 27.7 Å². The van der Waals surface area contributed by atoms with Crippen LogP contribution in [0.1, 0.15) is 65.7 Å². The lowest BCUT2D eigenvalue weighted by Gasteiger charge is -2.20.